The Labute approximate surface area is 98.0 Å². The zero-order valence-corrected chi connectivity index (χ0v) is 9.65. The van der Waals surface area contributed by atoms with Gasteiger partial charge in [-0.25, -0.2) is 0 Å². The minimum atomic E-state index is 0.330. The fourth-order valence-corrected chi connectivity index (χ4v) is 1.86. The van der Waals surface area contributed by atoms with Crippen LogP contribution in [0, 0.1) is 13.8 Å². The third-order valence-electron chi connectivity index (χ3n) is 2.87. The van der Waals surface area contributed by atoms with Crippen LogP contribution in [0.5, 0.6) is 0 Å². The Kier molecular flexibility index (Phi) is 1.98. The van der Waals surface area contributed by atoms with Crippen LogP contribution in [0.3, 0.4) is 0 Å². The molecule has 0 aliphatic carbocycles. The van der Waals surface area contributed by atoms with E-state index >= 15 is 0 Å². The summed E-state index contributed by atoms with van der Waals surface area (Å²) in [5.41, 5.74) is 9.13. The van der Waals surface area contributed by atoms with Crippen molar-refractivity contribution in [1.29, 1.82) is 0 Å². The summed E-state index contributed by atoms with van der Waals surface area (Å²) in [5, 5.41) is 4.97. The number of rotatable bonds is 1. The van der Waals surface area contributed by atoms with Crippen molar-refractivity contribution in [2.24, 2.45) is 0 Å². The van der Waals surface area contributed by atoms with Crippen molar-refractivity contribution in [1.82, 2.24) is 5.16 Å². The maximum absolute atomic E-state index is 5.73. The normalized spacial score (nSPS) is 11.2. The average molecular weight is 228 g/mol. The highest BCUT2D eigenvalue weighted by atomic mass is 16.5. The third kappa shape index (κ3) is 1.49. The first-order valence-electron chi connectivity index (χ1n) is 5.37. The Morgan fingerprint density at radius 1 is 1.18 bits per heavy atom. The number of hydrogen-bond acceptors (Lipinski definition) is 4. The highest BCUT2D eigenvalue weighted by Gasteiger charge is 2.15. The smallest absolute Gasteiger partial charge is 0.225 e. The monoisotopic (exact) mass is 228 g/mol. The molecule has 0 radical (unpaired) electrons. The van der Waals surface area contributed by atoms with Crippen LogP contribution in [0.1, 0.15) is 11.1 Å². The summed E-state index contributed by atoms with van der Waals surface area (Å²) in [4.78, 5) is 0. The predicted molar refractivity (Wildman–Crippen MR) is 65.6 cm³/mol. The molecule has 2 aromatic heterocycles. The molecule has 0 saturated heterocycles. The number of nitrogens with zero attached hydrogens (tertiary/aromatic N) is 1. The Hall–Kier alpha value is -2.23. The van der Waals surface area contributed by atoms with Crippen LogP contribution in [0.4, 0.5) is 5.88 Å². The van der Waals surface area contributed by atoms with Gasteiger partial charge in [0.1, 0.15) is 5.58 Å². The van der Waals surface area contributed by atoms with E-state index in [1.807, 2.05) is 32.0 Å². The van der Waals surface area contributed by atoms with Crippen molar-refractivity contribution in [2.45, 2.75) is 13.8 Å². The van der Waals surface area contributed by atoms with E-state index in [0.29, 0.717) is 17.3 Å². The molecule has 1 aromatic carbocycles. The van der Waals surface area contributed by atoms with Crippen molar-refractivity contribution in [3.8, 4) is 11.5 Å². The van der Waals surface area contributed by atoms with Crippen molar-refractivity contribution < 1.29 is 8.94 Å². The second kappa shape index (κ2) is 3.38. The highest BCUT2D eigenvalue weighted by Crippen LogP contribution is 2.31. The number of fused-ring (bicyclic) bond motifs is 1. The minimum absolute atomic E-state index is 0.330. The van der Waals surface area contributed by atoms with Crippen LogP contribution >= 0.6 is 0 Å². The number of nitrogen functional groups attached to an aromatic ring is 1. The number of furan rings is 1. The maximum atomic E-state index is 5.73. The number of anilines is 1. The van der Waals surface area contributed by atoms with Gasteiger partial charge in [-0.3, -0.25) is 0 Å². The zero-order valence-electron chi connectivity index (χ0n) is 9.65. The molecule has 2 heterocycles. The van der Waals surface area contributed by atoms with E-state index in [-0.39, 0.29) is 0 Å². The lowest BCUT2D eigenvalue weighted by molar-refractivity contribution is 0.436. The number of aryl methyl sites for hydroxylation is 1. The molecule has 3 aromatic rings. The Morgan fingerprint density at radius 3 is 2.71 bits per heavy atom. The molecular weight excluding hydrogens is 216 g/mol. The largest absolute Gasteiger partial charge is 0.454 e. The van der Waals surface area contributed by atoms with Crippen LogP contribution in [0.2, 0.25) is 0 Å². The van der Waals surface area contributed by atoms with E-state index in [1.54, 1.807) is 0 Å². The van der Waals surface area contributed by atoms with Gasteiger partial charge in [0, 0.05) is 10.9 Å². The molecule has 2 N–H and O–H groups in total. The Bertz CT molecular complexity index is 695. The molecule has 0 aliphatic heterocycles. The summed E-state index contributed by atoms with van der Waals surface area (Å²) in [6.07, 6.45) is 0. The van der Waals surface area contributed by atoms with E-state index in [9.17, 15) is 0 Å². The van der Waals surface area contributed by atoms with E-state index in [0.717, 1.165) is 16.5 Å². The fourth-order valence-electron chi connectivity index (χ4n) is 1.86. The van der Waals surface area contributed by atoms with Gasteiger partial charge < -0.3 is 14.7 Å². The first-order chi connectivity index (χ1) is 8.15. The summed E-state index contributed by atoms with van der Waals surface area (Å²) in [5.74, 6) is 1.01. The Balaban J connectivity index is 2.21. The third-order valence-corrected chi connectivity index (χ3v) is 2.87. The van der Waals surface area contributed by atoms with Crippen LogP contribution in [0.25, 0.3) is 22.4 Å². The topological polar surface area (TPSA) is 65.2 Å². The molecule has 0 unspecified atom stereocenters. The average Bonchev–Trinajstić information content (AvgIpc) is 2.83. The zero-order chi connectivity index (χ0) is 12.0. The van der Waals surface area contributed by atoms with Crippen LogP contribution in [0.15, 0.2) is 33.2 Å². The van der Waals surface area contributed by atoms with Crippen LogP contribution in [-0.2, 0) is 0 Å². The summed E-state index contributed by atoms with van der Waals surface area (Å²) in [6.45, 7) is 3.91. The second-order valence-electron chi connectivity index (χ2n) is 4.17. The summed E-state index contributed by atoms with van der Waals surface area (Å²) < 4.78 is 10.7. The van der Waals surface area contributed by atoms with E-state index < -0.39 is 0 Å². The summed E-state index contributed by atoms with van der Waals surface area (Å²) >= 11 is 0. The molecule has 4 nitrogen and oxygen atoms in total. The number of hydrogen-bond donors (Lipinski definition) is 1. The molecule has 17 heavy (non-hydrogen) atoms. The summed E-state index contributed by atoms with van der Waals surface area (Å²) in [7, 11) is 0. The standard InChI is InChI=1S/C13H12N2O2/c1-7-3-4-10-9(5-7)6-11(16-10)12-8(2)13(14)17-15-12/h3-6H,14H2,1-2H3. The van der Waals surface area contributed by atoms with Crippen molar-refractivity contribution in [3.05, 3.63) is 35.4 Å². The molecule has 4 heteroatoms. The maximum Gasteiger partial charge on any atom is 0.225 e. The van der Waals surface area contributed by atoms with E-state index in [4.69, 9.17) is 14.7 Å². The number of aromatic nitrogens is 1. The summed E-state index contributed by atoms with van der Waals surface area (Å²) in [6, 6.07) is 7.99. The van der Waals surface area contributed by atoms with Gasteiger partial charge in [0.05, 0.1) is 0 Å². The van der Waals surface area contributed by atoms with Gasteiger partial charge >= 0.3 is 0 Å². The molecule has 0 fully saturated rings. The van der Waals surface area contributed by atoms with Gasteiger partial charge in [-0.15, -0.1) is 0 Å². The first kappa shape index (κ1) is 9.96. The quantitative estimate of drug-likeness (QED) is 0.694. The molecule has 0 spiro atoms. The SMILES string of the molecule is Cc1ccc2oc(-c3noc(N)c3C)cc2c1. The minimum Gasteiger partial charge on any atom is -0.454 e. The number of nitrogens with two attached hydrogens (primary N) is 1. The van der Waals surface area contributed by atoms with Crippen molar-refractivity contribution in [3.63, 3.8) is 0 Å². The molecule has 0 bridgehead atoms. The van der Waals surface area contributed by atoms with Gasteiger partial charge in [0.2, 0.25) is 5.88 Å². The highest BCUT2D eigenvalue weighted by molar-refractivity contribution is 5.83. The van der Waals surface area contributed by atoms with Gasteiger partial charge in [-0.05, 0) is 32.0 Å². The lowest BCUT2D eigenvalue weighted by atomic mass is 10.1. The number of benzene rings is 1. The molecule has 0 amide bonds. The molecule has 0 aliphatic rings. The lowest BCUT2D eigenvalue weighted by Crippen LogP contribution is -1.83. The van der Waals surface area contributed by atoms with E-state index in [1.165, 1.54) is 5.56 Å². The van der Waals surface area contributed by atoms with Crippen molar-refractivity contribution in [2.75, 3.05) is 5.73 Å². The van der Waals surface area contributed by atoms with Gasteiger partial charge in [0.25, 0.3) is 0 Å². The second-order valence-corrected chi connectivity index (χ2v) is 4.17. The molecule has 0 saturated carbocycles. The molecule has 3 rings (SSSR count). The predicted octanol–water partition coefficient (Wildman–Crippen LogP) is 3.29. The van der Waals surface area contributed by atoms with E-state index in [2.05, 4.69) is 11.2 Å². The van der Waals surface area contributed by atoms with Crippen LogP contribution in [-0.4, -0.2) is 5.16 Å². The van der Waals surface area contributed by atoms with Gasteiger partial charge in [-0.2, -0.15) is 0 Å². The lowest BCUT2D eigenvalue weighted by Gasteiger charge is -1.90. The Morgan fingerprint density at radius 2 is 2.00 bits per heavy atom. The molecule has 86 valence electrons. The fraction of sp³-hybridized carbons (Fsp3) is 0.154. The van der Waals surface area contributed by atoms with Crippen molar-refractivity contribution >= 4 is 16.9 Å². The van der Waals surface area contributed by atoms with Crippen LogP contribution < -0.4 is 5.73 Å². The van der Waals surface area contributed by atoms with Gasteiger partial charge in [-0.1, -0.05) is 16.8 Å². The van der Waals surface area contributed by atoms with Gasteiger partial charge in [0.15, 0.2) is 11.5 Å². The first-order valence-corrected chi connectivity index (χ1v) is 5.37. The molecular formula is C13H12N2O2. The molecule has 0 atom stereocenters.